The van der Waals surface area contributed by atoms with Crippen LogP contribution in [-0.4, -0.2) is 58.4 Å². The maximum atomic E-state index is 12.1. The molecule has 24 heavy (non-hydrogen) atoms. The maximum Gasteiger partial charge on any atom is 0.319 e. The number of piperidine rings is 1. The Kier molecular flexibility index (Phi) is 6.99. The Labute approximate surface area is 143 Å². The van der Waals surface area contributed by atoms with Crippen LogP contribution in [0.5, 0.6) is 17.2 Å². The van der Waals surface area contributed by atoms with E-state index in [2.05, 4.69) is 15.5 Å². The zero-order valence-electron chi connectivity index (χ0n) is 14.7. The van der Waals surface area contributed by atoms with E-state index in [-0.39, 0.29) is 6.03 Å². The first-order chi connectivity index (χ1) is 11.7. The Morgan fingerprint density at radius 2 is 1.67 bits per heavy atom. The van der Waals surface area contributed by atoms with Gasteiger partial charge in [0.15, 0.2) is 11.5 Å². The van der Waals surface area contributed by atoms with Crippen LogP contribution in [-0.2, 0) is 0 Å². The number of urea groups is 1. The molecule has 2 N–H and O–H groups in total. The van der Waals surface area contributed by atoms with E-state index in [4.69, 9.17) is 14.2 Å². The first-order valence-corrected chi connectivity index (χ1v) is 8.25. The number of likely N-dealkylation sites (tertiary alicyclic amines) is 1. The number of nitrogens with zero attached hydrogens (tertiary/aromatic N) is 1. The molecule has 0 unspecified atom stereocenters. The Hall–Kier alpha value is -2.15. The summed E-state index contributed by atoms with van der Waals surface area (Å²) in [4.78, 5) is 14.4. The third-order valence-corrected chi connectivity index (χ3v) is 4.08. The maximum absolute atomic E-state index is 12.1. The largest absolute Gasteiger partial charge is 0.493 e. The van der Waals surface area contributed by atoms with Gasteiger partial charge in [-0.1, -0.05) is 6.42 Å². The van der Waals surface area contributed by atoms with Crippen LogP contribution in [0.15, 0.2) is 12.1 Å². The molecule has 0 radical (unpaired) electrons. The third kappa shape index (κ3) is 4.92. The molecule has 1 aromatic carbocycles. The second-order valence-electron chi connectivity index (χ2n) is 5.70. The second kappa shape index (κ2) is 9.22. The fourth-order valence-corrected chi connectivity index (χ4v) is 2.84. The lowest BCUT2D eigenvalue weighted by atomic mass is 10.1. The first-order valence-electron chi connectivity index (χ1n) is 8.25. The summed E-state index contributed by atoms with van der Waals surface area (Å²) in [6.45, 7) is 3.74. The zero-order valence-corrected chi connectivity index (χ0v) is 14.7. The molecule has 1 fully saturated rings. The van der Waals surface area contributed by atoms with Crippen LogP contribution in [0, 0.1) is 0 Å². The number of amides is 2. The lowest BCUT2D eigenvalue weighted by Gasteiger charge is -2.26. The van der Waals surface area contributed by atoms with Gasteiger partial charge in [0.1, 0.15) is 0 Å². The summed E-state index contributed by atoms with van der Waals surface area (Å²) in [5.74, 6) is 1.50. The van der Waals surface area contributed by atoms with Gasteiger partial charge in [0, 0.05) is 25.2 Å². The number of carbonyl (C=O) groups is 1. The summed E-state index contributed by atoms with van der Waals surface area (Å²) in [5, 5.41) is 5.67. The fourth-order valence-electron chi connectivity index (χ4n) is 2.84. The van der Waals surface area contributed by atoms with Crippen LogP contribution in [0.1, 0.15) is 19.3 Å². The second-order valence-corrected chi connectivity index (χ2v) is 5.70. The average Bonchev–Trinajstić information content (AvgIpc) is 2.61. The lowest BCUT2D eigenvalue weighted by molar-refractivity contribution is 0.224. The highest BCUT2D eigenvalue weighted by Gasteiger charge is 2.15. The molecule has 0 spiro atoms. The summed E-state index contributed by atoms with van der Waals surface area (Å²) in [7, 11) is 4.63. The van der Waals surface area contributed by atoms with Crippen molar-refractivity contribution >= 4 is 11.7 Å². The lowest BCUT2D eigenvalue weighted by Crippen LogP contribution is -2.39. The minimum Gasteiger partial charge on any atom is -0.493 e. The van der Waals surface area contributed by atoms with E-state index in [9.17, 15) is 4.79 Å². The van der Waals surface area contributed by atoms with E-state index in [1.54, 1.807) is 33.5 Å². The van der Waals surface area contributed by atoms with E-state index < -0.39 is 0 Å². The molecular formula is C17H27N3O4. The van der Waals surface area contributed by atoms with Crippen LogP contribution in [0.3, 0.4) is 0 Å². The van der Waals surface area contributed by atoms with Gasteiger partial charge in [-0.3, -0.25) is 0 Å². The molecule has 2 amide bonds. The standard InChI is InChI=1S/C17H27N3O4/c1-22-14-11-13(12-15(23-2)16(14)24-3)19-17(21)18-7-10-20-8-5-4-6-9-20/h11-12H,4-10H2,1-3H3,(H2,18,19,21). The molecule has 1 aliphatic rings. The Morgan fingerprint density at radius 1 is 1.04 bits per heavy atom. The Balaban J connectivity index is 1.88. The van der Waals surface area contributed by atoms with Gasteiger partial charge >= 0.3 is 6.03 Å². The fraction of sp³-hybridized carbons (Fsp3) is 0.588. The minimum absolute atomic E-state index is 0.249. The molecule has 0 aliphatic carbocycles. The first kappa shape index (κ1) is 18.2. The summed E-state index contributed by atoms with van der Waals surface area (Å²) in [5.41, 5.74) is 0.583. The molecule has 1 aromatic rings. The van der Waals surface area contributed by atoms with Crippen molar-refractivity contribution in [1.82, 2.24) is 10.2 Å². The molecule has 0 aromatic heterocycles. The van der Waals surface area contributed by atoms with Crippen molar-refractivity contribution in [2.24, 2.45) is 0 Å². The van der Waals surface area contributed by atoms with Crippen LogP contribution < -0.4 is 24.8 Å². The van der Waals surface area contributed by atoms with Crippen molar-refractivity contribution < 1.29 is 19.0 Å². The van der Waals surface area contributed by atoms with E-state index in [1.165, 1.54) is 19.3 Å². The SMILES string of the molecule is COc1cc(NC(=O)NCCN2CCCCC2)cc(OC)c1OC. The number of nitrogens with one attached hydrogen (secondary N) is 2. The smallest absolute Gasteiger partial charge is 0.319 e. The van der Waals surface area contributed by atoms with Crippen molar-refractivity contribution in [3.63, 3.8) is 0 Å². The van der Waals surface area contributed by atoms with Crippen molar-refractivity contribution in [2.45, 2.75) is 19.3 Å². The van der Waals surface area contributed by atoms with E-state index in [0.717, 1.165) is 19.6 Å². The van der Waals surface area contributed by atoms with E-state index in [1.807, 2.05) is 0 Å². The van der Waals surface area contributed by atoms with Crippen LogP contribution in [0.25, 0.3) is 0 Å². The van der Waals surface area contributed by atoms with Gasteiger partial charge in [0.2, 0.25) is 5.75 Å². The van der Waals surface area contributed by atoms with Gasteiger partial charge in [0.25, 0.3) is 0 Å². The molecule has 7 heteroatoms. The molecule has 0 atom stereocenters. The molecule has 134 valence electrons. The number of methoxy groups -OCH3 is 3. The van der Waals surface area contributed by atoms with Crippen molar-refractivity contribution in [3.05, 3.63) is 12.1 Å². The molecule has 1 aliphatic heterocycles. The zero-order chi connectivity index (χ0) is 17.4. The van der Waals surface area contributed by atoms with E-state index in [0.29, 0.717) is 29.5 Å². The monoisotopic (exact) mass is 337 g/mol. The topological polar surface area (TPSA) is 72.1 Å². The highest BCUT2D eigenvalue weighted by Crippen LogP contribution is 2.39. The predicted molar refractivity (Wildman–Crippen MR) is 93.4 cm³/mol. The van der Waals surface area contributed by atoms with Gasteiger partial charge in [-0.15, -0.1) is 0 Å². The number of hydrogen-bond acceptors (Lipinski definition) is 5. The summed E-state index contributed by atoms with van der Waals surface area (Å²) < 4.78 is 15.8. The quantitative estimate of drug-likeness (QED) is 0.799. The Morgan fingerprint density at radius 3 is 2.21 bits per heavy atom. The third-order valence-electron chi connectivity index (χ3n) is 4.08. The summed E-state index contributed by atoms with van der Waals surface area (Å²) in [6.07, 6.45) is 3.81. The summed E-state index contributed by atoms with van der Waals surface area (Å²) in [6, 6.07) is 3.15. The molecule has 1 saturated heterocycles. The van der Waals surface area contributed by atoms with Crippen molar-refractivity contribution in [2.75, 3.05) is 52.8 Å². The number of benzene rings is 1. The molecule has 2 rings (SSSR count). The predicted octanol–water partition coefficient (Wildman–Crippen LogP) is 2.32. The number of hydrogen-bond donors (Lipinski definition) is 2. The number of rotatable bonds is 7. The van der Waals surface area contributed by atoms with Gasteiger partial charge in [0.05, 0.1) is 27.0 Å². The van der Waals surface area contributed by atoms with Gasteiger partial charge in [-0.2, -0.15) is 0 Å². The number of anilines is 1. The highest BCUT2D eigenvalue weighted by atomic mass is 16.5. The van der Waals surface area contributed by atoms with Crippen molar-refractivity contribution in [1.29, 1.82) is 0 Å². The molecule has 0 saturated carbocycles. The number of carbonyl (C=O) groups excluding carboxylic acids is 1. The van der Waals surface area contributed by atoms with Crippen molar-refractivity contribution in [3.8, 4) is 17.2 Å². The van der Waals surface area contributed by atoms with Crippen LogP contribution in [0.4, 0.5) is 10.5 Å². The summed E-state index contributed by atoms with van der Waals surface area (Å²) >= 11 is 0. The van der Waals surface area contributed by atoms with Gasteiger partial charge in [-0.25, -0.2) is 4.79 Å². The van der Waals surface area contributed by atoms with Gasteiger partial charge in [-0.05, 0) is 25.9 Å². The van der Waals surface area contributed by atoms with E-state index >= 15 is 0 Å². The Bertz CT molecular complexity index is 520. The number of ether oxygens (including phenoxy) is 3. The molecular weight excluding hydrogens is 310 g/mol. The molecule has 0 bridgehead atoms. The average molecular weight is 337 g/mol. The van der Waals surface area contributed by atoms with Crippen LogP contribution >= 0.6 is 0 Å². The minimum atomic E-state index is -0.249. The highest BCUT2D eigenvalue weighted by molar-refractivity contribution is 5.90. The molecule has 7 nitrogen and oxygen atoms in total. The van der Waals surface area contributed by atoms with Crippen LogP contribution in [0.2, 0.25) is 0 Å². The normalized spacial score (nSPS) is 14.8. The molecule has 1 heterocycles. The van der Waals surface area contributed by atoms with Gasteiger partial charge < -0.3 is 29.7 Å².